The van der Waals surface area contributed by atoms with Gasteiger partial charge in [-0.25, -0.2) is 0 Å². The first-order valence-corrected chi connectivity index (χ1v) is 8.59. The average Bonchev–Trinajstić information content (AvgIpc) is 3.19. The number of ether oxygens (including phenoxy) is 1. The minimum Gasteiger partial charge on any atom is -0.423 e. The van der Waals surface area contributed by atoms with Crippen molar-refractivity contribution >= 4 is 0 Å². The van der Waals surface area contributed by atoms with E-state index < -0.39 is 0 Å². The van der Waals surface area contributed by atoms with E-state index >= 15 is 0 Å². The van der Waals surface area contributed by atoms with Crippen LogP contribution >= 0.6 is 0 Å². The summed E-state index contributed by atoms with van der Waals surface area (Å²) in [7, 11) is 0. The van der Waals surface area contributed by atoms with Crippen molar-refractivity contribution in [1.29, 1.82) is 0 Å². The molecule has 0 amide bonds. The predicted molar refractivity (Wildman–Crippen MR) is 100 cm³/mol. The van der Waals surface area contributed by atoms with E-state index in [0.29, 0.717) is 11.8 Å². The fraction of sp³-hybridized carbons (Fsp3) is 0.100. The lowest BCUT2D eigenvalue weighted by Crippen LogP contribution is -2.12. The number of pyridine rings is 1. The Labute approximate surface area is 156 Å². The average molecular weight is 358 g/mol. The number of tetrazole rings is 1. The zero-order valence-electron chi connectivity index (χ0n) is 14.6. The molecule has 0 spiro atoms. The van der Waals surface area contributed by atoms with Gasteiger partial charge in [0.1, 0.15) is 5.75 Å². The minimum atomic E-state index is 0.323. The van der Waals surface area contributed by atoms with Gasteiger partial charge in [0.15, 0.2) is 0 Å². The Morgan fingerprint density at radius 1 is 0.852 bits per heavy atom. The Balaban J connectivity index is 1.37. The van der Waals surface area contributed by atoms with Crippen molar-refractivity contribution < 1.29 is 4.74 Å². The maximum absolute atomic E-state index is 5.83. The highest BCUT2D eigenvalue weighted by Gasteiger charge is 2.10. The van der Waals surface area contributed by atoms with Crippen LogP contribution < -0.4 is 10.1 Å². The molecule has 0 aliphatic heterocycles. The molecule has 27 heavy (non-hydrogen) atoms. The highest BCUT2D eigenvalue weighted by molar-refractivity contribution is 5.34. The SMILES string of the molecule is c1ccc(-n2nnnc2Oc2ccc(CNCc3cccnc3)cc2)cc1. The molecule has 0 aliphatic rings. The van der Waals surface area contributed by atoms with Gasteiger partial charge in [0.2, 0.25) is 0 Å². The zero-order valence-corrected chi connectivity index (χ0v) is 14.6. The molecule has 0 saturated heterocycles. The number of aromatic nitrogens is 5. The monoisotopic (exact) mass is 358 g/mol. The summed E-state index contributed by atoms with van der Waals surface area (Å²) in [6.07, 6.45) is 3.64. The smallest absolute Gasteiger partial charge is 0.345 e. The molecule has 0 atom stereocenters. The largest absolute Gasteiger partial charge is 0.423 e. The van der Waals surface area contributed by atoms with Crippen LogP contribution in [0.2, 0.25) is 0 Å². The number of hydrogen-bond donors (Lipinski definition) is 1. The summed E-state index contributed by atoms with van der Waals surface area (Å²) in [6.45, 7) is 1.54. The summed E-state index contributed by atoms with van der Waals surface area (Å²) in [5.74, 6) is 0.679. The van der Waals surface area contributed by atoms with E-state index in [9.17, 15) is 0 Å². The quantitative estimate of drug-likeness (QED) is 0.547. The maximum Gasteiger partial charge on any atom is 0.345 e. The van der Waals surface area contributed by atoms with Gasteiger partial charge >= 0.3 is 6.01 Å². The van der Waals surface area contributed by atoms with Gasteiger partial charge in [0.25, 0.3) is 0 Å². The minimum absolute atomic E-state index is 0.323. The van der Waals surface area contributed by atoms with E-state index in [-0.39, 0.29) is 0 Å². The lowest BCUT2D eigenvalue weighted by molar-refractivity contribution is 0.427. The van der Waals surface area contributed by atoms with E-state index in [4.69, 9.17) is 4.74 Å². The molecule has 1 N–H and O–H groups in total. The second-order valence-electron chi connectivity index (χ2n) is 5.92. The summed E-state index contributed by atoms with van der Waals surface area (Å²) in [5.41, 5.74) is 3.16. The second kappa shape index (κ2) is 8.20. The van der Waals surface area contributed by atoms with Crippen LogP contribution in [0.4, 0.5) is 0 Å². The van der Waals surface area contributed by atoms with Gasteiger partial charge < -0.3 is 10.1 Å². The Morgan fingerprint density at radius 3 is 2.44 bits per heavy atom. The van der Waals surface area contributed by atoms with Crippen molar-refractivity contribution in [3.05, 3.63) is 90.3 Å². The summed E-state index contributed by atoms with van der Waals surface area (Å²) in [5, 5.41) is 15.0. The molecule has 4 rings (SSSR count). The fourth-order valence-corrected chi connectivity index (χ4v) is 2.61. The zero-order chi connectivity index (χ0) is 18.3. The van der Waals surface area contributed by atoms with Gasteiger partial charge in [0, 0.05) is 25.5 Å². The lowest BCUT2D eigenvalue weighted by Gasteiger charge is -2.08. The predicted octanol–water partition coefficient (Wildman–Crippen LogP) is 3.14. The Bertz CT molecular complexity index is 970. The van der Waals surface area contributed by atoms with Crippen LogP contribution in [-0.2, 0) is 13.1 Å². The second-order valence-corrected chi connectivity index (χ2v) is 5.92. The topological polar surface area (TPSA) is 77.8 Å². The van der Waals surface area contributed by atoms with Crippen LogP contribution in [0.3, 0.4) is 0 Å². The van der Waals surface area contributed by atoms with Crippen molar-refractivity contribution in [2.45, 2.75) is 13.1 Å². The first-order chi connectivity index (χ1) is 13.4. The van der Waals surface area contributed by atoms with Crippen molar-refractivity contribution in [1.82, 2.24) is 30.5 Å². The van der Waals surface area contributed by atoms with E-state index in [1.807, 2.05) is 72.9 Å². The molecule has 134 valence electrons. The summed E-state index contributed by atoms with van der Waals surface area (Å²) in [4.78, 5) is 4.11. The van der Waals surface area contributed by atoms with E-state index in [0.717, 1.165) is 29.9 Å². The number of hydrogen-bond acceptors (Lipinski definition) is 6. The number of rotatable bonds is 7. The number of nitrogens with zero attached hydrogens (tertiary/aromatic N) is 5. The van der Waals surface area contributed by atoms with Crippen molar-refractivity contribution in [3.63, 3.8) is 0 Å². The molecule has 0 aliphatic carbocycles. The van der Waals surface area contributed by atoms with E-state index in [1.54, 1.807) is 10.9 Å². The number of nitrogens with one attached hydrogen (secondary N) is 1. The van der Waals surface area contributed by atoms with Crippen molar-refractivity contribution in [3.8, 4) is 17.4 Å². The molecular weight excluding hydrogens is 340 g/mol. The van der Waals surface area contributed by atoms with Gasteiger partial charge in [-0.2, -0.15) is 4.68 Å². The molecule has 0 unspecified atom stereocenters. The van der Waals surface area contributed by atoms with Crippen molar-refractivity contribution in [2.75, 3.05) is 0 Å². The highest BCUT2D eigenvalue weighted by atomic mass is 16.5. The molecule has 2 aromatic heterocycles. The van der Waals surface area contributed by atoms with Gasteiger partial charge in [-0.3, -0.25) is 4.98 Å². The maximum atomic E-state index is 5.83. The normalized spacial score (nSPS) is 10.7. The molecular formula is C20H18N6O. The molecule has 0 saturated carbocycles. The fourth-order valence-electron chi connectivity index (χ4n) is 2.61. The molecule has 0 fully saturated rings. The van der Waals surface area contributed by atoms with Gasteiger partial charge in [-0.05, 0) is 51.9 Å². The molecule has 0 bridgehead atoms. The van der Waals surface area contributed by atoms with Crippen LogP contribution in [-0.4, -0.2) is 25.2 Å². The summed E-state index contributed by atoms with van der Waals surface area (Å²) < 4.78 is 7.39. The van der Waals surface area contributed by atoms with Crippen LogP contribution in [0.15, 0.2) is 79.1 Å². The third-order valence-corrected chi connectivity index (χ3v) is 3.96. The molecule has 7 heteroatoms. The third-order valence-electron chi connectivity index (χ3n) is 3.96. The number of benzene rings is 2. The van der Waals surface area contributed by atoms with Crippen LogP contribution in [0.5, 0.6) is 11.8 Å². The van der Waals surface area contributed by atoms with Crippen LogP contribution in [0.1, 0.15) is 11.1 Å². The van der Waals surface area contributed by atoms with Crippen molar-refractivity contribution in [2.24, 2.45) is 0 Å². The molecule has 7 nitrogen and oxygen atoms in total. The van der Waals surface area contributed by atoms with Crippen LogP contribution in [0.25, 0.3) is 5.69 Å². The van der Waals surface area contributed by atoms with E-state index in [1.165, 1.54) is 0 Å². The van der Waals surface area contributed by atoms with Gasteiger partial charge in [0.05, 0.1) is 5.69 Å². The summed E-state index contributed by atoms with van der Waals surface area (Å²) in [6, 6.07) is 21.8. The number of para-hydroxylation sites is 1. The first kappa shape index (κ1) is 16.9. The molecule has 2 aromatic carbocycles. The Hall–Kier alpha value is -3.58. The third kappa shape index (κ3) is 4.34. The Morgan fingerprint density at radius 2 is 1.67 bits per heavy atom. The standard InChI is InChI=1S/C20H18N6O/c1-2-6-18(7-3-1)26-20(23-24-25-26)27-19-10-8-16(9-11-19)13-22-15-17-5-4-12-21-14-17/h1-12,14,22H,13,15H2. The molecule has 4 aromatic rings. The van der Waals surface area contributed by atoms with E-state index in [2.05, 4.69) is 25.8 Å². The highest BCUT2D eigenvalue weighted by Crippen LogP contribution is 2.21. The molecule has 0 radical (unpaired) electrons. The van der Waals surface area contributed by atoms with Gasteiger partial charge in [-0.1, -0.05) is 41.5 Å². The summed E-state index contributed by atoms with van der Waals surface area (Å²) >= 11 is 0. The van der Waals surface area contributed by atoms with Crippen LogP contribution in [0, 0.1) is 0 Å². The lowest BCUT2D eigenvalue weighted by atomic mass is 10.2. The molecule has 2 heterocycles. The Kier molecular flexibility index (Phi) is 5.12. The van der Waals surface area contributed by atoms with Gasteiger partial charge in [-0.15, -0.1) is 0 Å². The first-order valence-electron chi connectivity index (χ1n) is 8.59.